The van der Waals surface area contributed by atoms with Crippen LogP contribution in [0.1, 0.15) is 67.0 Å². The molecule has 0 aliphatic carbocycles. The van der Waals surface area contributed by atoms with Crippen LogP contribution in [0.5, 0.6) is 5.75 Å². The van der Waals surface area contributed by atoms with Gasteiger partial charge in [-0.2, -0.15) is 13.2 Å². The maximum atomic E-state index is 16.0. The van der Waals surface area contributed by atoms with E-state index in [0.717, 1.165) is 23.8 Å². The number of nitrogens with one attached hydrogen (secondary N) is 1. The van der Waals surface area contributed by atoms with Crippen LogP contribution < -0.4 is 15.6 Å². The highest BCUT2D eigenvalue weighted by Gasteiger charge is 2.39. The second-order valence-corrected chi connectivity index (χ2v) is 14.1. The van der Waals surface area contributed by atoms with Crippen molar-refractivity contribution in [1.29, 1.82) is 0 Å². The quantitative estimate of drug-likeness (QED) is 0.0829. The first-order chi connectivity index (χ1) is 25.9. The average molecular weight is 760 g/mol. The number of halogens is 5. The number of fused-ring (bicyclic) bond motifs is 2. The van der Waals surface area contributed by atoms with Crippen molar-refractivity contribution in [3.8, 4) is 16.9 Å². The maximum absolute atomic E-state index is 16.0. The van der Waals surface area contributed by atoms with Gasteiger partial charge in [-0.25, -0.2) is 8.78 Å². The molecule has 0 saturated heterocycles. The minimum atomic E-state index is -4.85. The lowest BCUT2D eigenvalue weighted by molar-refractivity contribution is -0.138. The lowest BCUT2D eigenvalue weighted by atomic mass is 9.91. The lowest BCUT2D eigenvalue weighted by Crippen LogP contribution is -2.38. The van der Waals surface area contributed by atoms with Crippen LogP contribution >= 0.6 is 11.8 Å². The summed E-state index contributed by atoms with van der Waals surface area (Å²) in [5, 5.41) is 3.87. The van der Waals surface area contributed by atoms with Gasteiger partial charge in [-0.05, 0) is 66.9 Å². The number of methoxy groups -OCH3 is 1. The number of benzene rings is 4. The number of carbonyl (C=O) groups excluding carboxylic acids is 2. The molecule has 278 valence electrons. The molecule has 54 heavy (non-hydrogen) atoms. The lowest BCUT2D eigenvalue weighted by Gasteiger charge is -2.29. The number of rotatable bonds is 11. The number of amides is 2. The Kier molecular flexibility index (Phi) is 10.2. The Bertz CT molecular complexity index is 2290. The van der Waals surface area contributed by atoms with E-state index in [4.69, 9.17) is 4.74 Å². The zero-order valence-corrected chi connectivity index (χ0v) is 30.0. The van der Waals surface area contributed by atoms with E-state index in [9.17, 15) is 27.6 Å². The van der Waals surface area contributed by atoms with Crippen molar-refractivity contribution in [3.05, 3.63) is 152 Å². The van der Waals surface area contributed by atoms with E-state index in [1.165, 1.54) is 46.5 Å². The molecule has 13 heteroatoms. The highest BCUT2D eigenvalue weighted by atomic mass is 32.2. The summed E-state index contributed by atoms with van der Waals surface area (Å²) in [7, 11) is 1.28. The number of carbonyl (C=O) groups is 2. The number of pyridine rings is 1. The second kappa shape index (κ2) is 14.9. The van der Waals surface area contributed by atoms with Crippen LogP contribution in [0.25, 0.3) is 11.1 Å². The van der Waals surface area contributed by atoms with Gasteiger partial charge in [0.2, 0.25) is 0 Å². The summed E-state index contributed by atoms with van der Waals surface area (Å²) in [5.74, 6) is -2.43. The number of hydrogen-bond acceptors (Lipinski definition) is 6. The Hall–Kier alpha value is -5.27. The predicted molar refractivity (Wildman–Crippen MR) is 195 cm³/mol. The van der Waals surface area contributed by atoms with Crippen molar-refractivity contribution >= 4 is 23.6 Å². The number of ether oxygens (including phenoxy) is 1. The number of thioether (sulfide) groups is 1. The summed E-state index contributed by atoms with van der Waals surface area (Å²) in [6, 6.07) is 21.8. The van der Waals surface area contributed by atoms with Crippen molar-refractivity contribution in [2.45, 2.75) is 43.1 Å². The van der Waals surface area contributed by atoms with E-state index in [1.807, 2.05) is 30.3 Å². The Balaban J connectivity index is 1.30. The maximum Gasteiger partial charge on any atom is 0.416 e. The van der Waals surface area contributed by atoms with Crippen LogP contribution in [0.4, 0.5) is 22.0 Å². The molecule has 7 nitrogen and oxygen atoms in total. The van der Waals surface area contributed by atoms with Gasteiger partial charge >= 0.3 is 6.18 Å². The number of alkyl halides is 3. The molecular formula is C41H34F5N3O4S. The van der Waals surface area contributed by atoms with Crippen LogP contribution in [0.2, 0.25) is 0 Å². The van der Waals surface area contributed by atoms with Crippen molar-refractivity contribution in [2.24, 2.45) is 0 Å². The minimum Gasteiger partial charge on any atom is -0.494 e. The van der Waals surface area contributed by atoms with Gasteiger partial charge in [0.1, 0.15) is 5.82 Å². The summed E-state index contributed by atoms with van der Waals surface area (Å²) in [6.45, 7) is 2.00. The molecule has 1 N–H and O–H groups in total. The van der Waals surface area contributed by atoms with Crippen LogP contribution in [0.15, 0.2) is 101 Å². The van der Waals surface area contributed by atoms with E-state index in [2.05, 4.69) is 5.32 Å². The summed E-state index contributed by atoms with van der Waals surface area (Å²) in [4.78, 5) is 41.9. The molecule has 0 fully saturated rings. The zero-order chi connectivity index (χ0) is 38.3. The molecule has 2 aliphatic heterocycles. The third-order valence-electron chi connectivity index (χ3n) is 10.0. The standard InChI is InChI=1S/C41H34F5N3O4S/c1-23-28(21-29-30(41(44,45)46)16-9-17-31(29)42)40-49(39(52)34(23)27-15-8-18-33(53-2)35(27)43)32(22-54-40)36(24-11-4-3-5-12-24)47-19-10-20-48-37(50)25-13-6-7-14-26(25)38(48)51/h3-9,11-18,32,36,47H,10,19-22H2,1-2H3. The smallest absolute Gasteiger partial charge is 0.416 e. The van der Waals surface area contributed by atoms with E-state index < -0.39 is 53.0 Å². The molecular weight excluding hydrogens is 726 g/mol. The van der Waals surface area contributed by atoms with Gasteiger partial charge in [-0.1, -0.05) is 60.7 Å². The molecule has 1 aromatic heterocycles. The number of hydrogen-bond donors (Lipinski definition) is 1. The van der Waals surface area contributed by atoms with Gasteiger partial charge in [-0.3, -0.25) is 23.9 Å². The molecule has 0 bridgehead atoms. The average Bonchev–Trinajstić information content (AvgIpc) is 3.70. The van der Waals surface area contributed by atoms with Crippen molar-refractivity contribution in [3.63, 3.8) is 0 Å². The number of aromatic nitrogens is 1. The van der Waals surface area contributed by atoms with Gasteiger partial charge in [0.25, 0.3) is 17.4 Å². The molecule has 2 atom stereocenters. The summed E-state index contributed by atoms with van der Waals surface area (Å²) >= 11 is 1.26. The zero-order valence-electron chi connectivity index (χ0n) is 29.2. The van der Waals surface area contributed by atoms with Crippen molar-refractivity contribution in [1.82, 2.24) is 14.8 Å². The molecule has 4 aromatic carbocycles. The molecule has 0 spiro atoms. The molecule has 5 aromatic rings. The monoisotopic (exact) mass is 759 g/mol. The summed E-state index contributed by atoms with van der Waals surface area (Å²) in [5.41, 5.74) is -0.449. The molecule has 2 aliphatic rings. The van der Waals surface area contributed by atoms with Crippen LogP contribution in [-0.4, -0.2) is 47.2 Å². The second-order valence-electron chi connectivity index (χ2n) is 13.1. The van der Waals surface area contributed by atoms with E-state index >= 15 is 8.78 Å². The van der Waals surface area contributed by atoms with Gasteiger partial charge in [0.05, 0.1) is 46.5 Å². The first-order valence-electron chi connectivity index (χ1n) is 17.2. The molecule has 0 radical (unpaired) electrons. The summed E-state index contributed by atoms with van der Waals surface area (Å²) < 4.78 is 80.7. The van der Waals surface area contributed by atoms with Gasteiger partial charge < -0.3 is 10.1 Å². The molecule has 3 heterocycles. The van der Waals surface area contributed by atoms with Crippen LogP contribution in [0.3, 0.4) is 0 Å². The number of imide groups is 1. The molecule has 0 saturated carbocycles. The summed E-state index contributed by atoms with van der Waals surface area (Å²) in [6.07, 6.45) is -4.98. The Labute approximate surface area is 311 Å². The number of nitrogens with zero attached hydrogens (tertiary/aromatic N) is 2. The van der Waals surface area contributed by atoms with E-state index in [-0.39, 0.29) is 46.4 Å². The first kappa shape index (κ1) is 37.1. The molecule has 2 unspecified atom stereocenters. The van der Waals surface area contributed by atoms with E-state index in [0.29, 0.717) is 34.9 Å². The van der Waals surface area contributed by atoms with Gasteiger partial charge in [0, 0.05) is 29.8 Å². The van der Waals surface area contributed by atoms with Crippen LogP contribution in [0, 0.1) is 18.6 Å². The topological polar surface area (TPSA) is 80.6 Å². The molecule has 7 rings (SSSR count). The van der Waals surface area contributed by atoms with Crippen LogP contribution in [-0.2, 0) is 12.6 Å². The highest BCUT2D eigenvalue weighted by Crippen LogP contribution is 2.45. The van der Waals surface area contributed by atoms with E-state index in [1.54, 1.807) is 31.2 Å². The minimum absolute atomic E-state index is 0.0695. The largest absolute Gasteiger partial charge is 0.494 e. The predicted octanol–water partition coefficient (Wildman–Crippen LogP) is 8.38. The Morgan fingerprint density at radius 1 is 0.852 bits per heavy atom. The van der Waals surface area contributed by atoms with Crippen molar-refractivity contribution in [2.75, 3.05) is 26.0 Å². The fourth-order valence-corrected chi connectivity index (χ4v) is 8.84. The third-order valence-corrected chi connectivity index (χ3v) is 11.3. The normalized spacial score (nSPS) is 15.8. The molecule has 2 amide bonds. The van der Waals surface area contributed by atoms with Crippen molar-refractivity contribution < 1.29 is 36.3 Å². The van der Waals surface area contributed by atoms with Gasteiger partial charge in [-0.15, -0.1) is 11.8 Å². The fourth-order valence-electron chi connectivity index (χ4n) is 7.41. The Morgan fingerprint density at radius 3 is 2.17 bits per heavy atom. The highest BCUT2D eigenvalue weighted by molar-refractivity contribution is 7.99. The first-order valence-corrected chi connectivity index (χ1v) is 18.2. The van der Waals surface area contributed by atoms with Gasteiger partial charge in [0.15, 0.2) is 11.6 Å². The Morgan fingerprint density at radius 2 is 1.50 bits per heavy atom. The fraction of sp³-hybridized carbons (Fsp3) is 0.244. The third kappa shape index (κ3) is 6.59. The SMILES string of the molecule is COc1cccc(-c2c(C)c(Cc3c(F)cccc3C(F)(F)F)c3n(c2=O)C(C(NCCCN2C(=O)c4ccccc4C2=O)c2ccccc2)CS3)c1F.